The molecule has 0 atom stereocenters. The van der Waals surface area contributed by atoms with Gasteiger partial charge in [-0.25, -0.2) is 4.39 Å². The molecule has 0 aliphatic heterocycles. The first-order chi connectivity index (χ1) is 12.5. The number of benzene rings is 2. The molecular formula is C18H14ClFN4O2. The molecular weight excluding hydrogens is 359 g/mol. The Balaban J connectivity index is 1.66. The molecule has 8 heteroatoms. The Morgan fingerprint density at radius 2 is 1.77 bits per heavy atom. The number of carbonyl (C=O) groups is 1. The maximum absolute atomic E-state index is 13.1. The number of methoxy groups -OCH3 is 1. The average molecular weight is 373 g/mol. The highest BCUT2D eigenvalue weighted by molar-refractivity contribution is 6.31. The van der Waals surface area contributed by atoms with Crippen molar-refractivity contribution in [2.75, 3.05) is 17.7 Å². The summed E-state index contributed by atoms with van der Waals surface area (Å²) >= 11 is 5.69. The summed E-state index contributed by atoms with van der Waals surface area (Å²) in [7, 11) is 1.59. The number of nitrogens with zero attached hydrogens (tertiary/aromatic N) is 2. The molecule has 1 amide bonds. The number of nitrogens with one attached hydrogen (secondary N) is 2. The second kappa shape index (κ2) is 7.79. The SMILES string of the molecule is COc1ccc(Nc2ccc(C(=O)Nc3ccc(F)c(Cl)c3)nn2)cc1. The van der Waals surface area contributed by atoms with E-state index in [2.05, 4.69) is 20.8 Å². The van der Waals surface area contributed by atoms with Gasteiger partial charge < -0.3 is 15.4 Å². The number of amides is 1. The standard InChI is InChI=1S/C18H14ClFN4O2/c1-26-13-5-2-11(3-6-13)21-17-9-8-16(23-24-17)18(25)22-12-4-7-15(20)14(19)10-12/h2-10H,1H3,(H,21,24)(H,22,25). The lowest BCUT2D eigenvalue weighted by Crippen LogP contribution is -2.14. The second-order valence-corrected chi connectivity index (χ2v) is 5.65. The molecule has 0 aliphatic carbocycles. The summed E-state index contributed by atoms with van der Waals surface area (Å²) in [4.78, 5) is 12.2. The minimum absolute atomic E-state index is 0.0760. The first-order valence-electron chi connectivity index (χ1n) is 7.56. The van der Waals surface area contributed by atoms with Crippen LogP contribution in [0.25, 0.3) is 0 Å². The third kappa shape index (κ3) is 4.25. The molecule has 2 N–H and O–H groups in total. The topological polar surface area (TPSA) is 76.1 Å². The van der Waals surface area contributed by atoms with Gasteiger partial charge in [0.1, 0.15) is 11.6 Å². The summed E-state index contributed by atoms with van der Waals surface area (Å²) in [5.74, 6) is 0.195. The predicted molar refractivity (Wildman–Crippen MR) is 97.7 cm³/mol. The Morgan fingerprint density at radius 3 is 2.38 bits per heavy atom. The van der Waals surface area contributed by atoms with E-state index in [1.54, 1.807) is 13.2 Å². The van der Waals surface area contributed by atoms with Crippen LogP contribution in [0.5, 0.6) is 5.75 Å². The number of hydrogen-bond donors (Lipinski definition) is 2. The first-order valence-corrected chi connectivity index (χ1v) is 7.94. The van der Waals surface area contributed by atoms with E-state index in [1.807, 2.05) is 24.3 Å². The van der Waals surface area contributed by atoms with E-state index >= 15 is 0 Å². The fourth-order valence-corrected chi connectivity index (χ4v) is 2.29. The van der Waals surface area contributed by atoms with Crippen LogP contribution in [-0.2, 0) is 0 Å². The summed E-state index contributed by atoms with van der Waals surface area (Å²) < 4.78 is 18.2. The fraction of sp³-hybridized carbons (Fsp3) is 0.0556. The fourth-order valence-electron chi connectivity index (χ4n) is 2.11. The van der Waals surface area contributed by atoms with Crippen molar-refractivity contribution in [3.05, 3.63) is 71.1 Å². The van der Waals surface area contributed by atoms with Gasteiger partial charge in [-0.05, 0) is 54.6 Å². The lowest BCUT2D eigenvalue weighted by molar-refractivity contribution is 0.102. The molecule has 0 spiro atoms. The summed E-state index contributed by atoms with van der Waals surface area (Å²) in [5.41, 5.74) is 1.28. The first kappa shape index (κ1) is 17.6. The van der Waals surface area contributed by atoms with E-state index < -0.39 is 11.7 Å². The van der Waals surface area contributed by atoms with Gasteiger partial charge in [0.15, 0.2) is 11.5 Å². The number of rotatable bonds is 5. The van der Waals surface area contributed by atoms with Gasteiger partial charge in [0.25, 0.3) is 5.91 Å². The van der Waals surface area contributed by atoms with E-state index in [0.717, 1.165) is 11.4 Å². The van der Waals surface area contributed by atoms with Gasteiger partial charge in [-0.15, -0.1) is 10.2 Å². The number of anilines is 3. The van der Waals surface area contributed by atoms with Crippen LogP contribution in [0.2, 0.25) is 5.02 Å². The summed E-state index contributed by atoms with van der Waals surface area (Å²) in [6, 6.07) is 14.3. The van der Waals surface area contributed by atoms with Gasteiger partial charge in [-0.3, -0.25) is 4.79 Å². The van der Waals surface area contributed by atoms with Crippen LogP contribution in [0.4, 0.5) is 21.6 Å². The van der Waals surface area contributed by atoms with E-state index in [0.29, 0.717) is 11.5 Å². The zero-order chi connectivity index (χ0) is 18.5. The average Bonchev–Trinajstić information content (AvgIpc) is 2.66. The summed E-state index contributed by atoms with van der Waals surface area (Å²) in [6.07, 6.45) is 0. The molecule has 3 rings (SSSR count). The lowest BCUT2D eigenvalue weighted by atomic mass is 10.3. The van der Waals surface area contributed by atoms with Crippen LogP contribution in [0.3, 0.4) is 0 Å². The van der Waals surface area contributed by atoms with Gasteiger partial charge in [-0.2, -0.15) is 0 Å². The van der Waals surface area contributed by atoms with Gasteiger partial charge in [0.05, 0.1) is 12.1 Å². The Hall–Kier alpha value is -3.19. The Morgan fingerprint density at radius 1 is 1.04 bits per heavy atom. The monoisotopic (exact) mass is 372 g/mol. The predicted octanol–water partition coefficient (Wildman–Crippen LogP) is 4.27. The molecule has 0 saturated carbocycles. The highest BCUT2D eigenvalue weighted by Crippen LogP contribution is 2.20. The largest absolute Gasteiger partial charge is 0.497 e. The third-order valence-corrected chi connectivity index (χ3v) is 3.73. The summed E-state index contributed by atoms with van der Waals surface area (Å²) in [6.45, 7) is 0. The molecule has 2 aromatic carbocycles. The van der Waals surface area contributed by atoms with Crippen LogP contribution in [0, 0.1) is 5.82 Å². The number of aromatic nitrogens is 2. The van der Waals surface area contributed by atoms with Crippen LogP contribution in [-0.4, -0.2) is 23.2 Å². The smallest absolute Gasteiger partial charge is 0.276 e. The molecule has 6 nitrogen and oxygen atoms in total. The summed E-state index contributed by atoms with van der Waals surface area (Å²) in [5, 5.41) is 13.4. The molecule has 132 valence electrons. The Kier molecular flexibility index (Phi) is 5.28. The zero-order valence-corrected chi connectivity index (χ0v) is 14.4. The van der Waals surface area contributed by atoms with E-state index in [9.17, 15) is 9.18 Å². The van der Waals surface area contributed by atoms with Gasteiger partial charge in [0.2, 0.25) is 0 Å². The van der Waals surface area contributed by atoms with Crippen molar-refractivity contribution >= 4 is 34.7 Å². The van der Waals surface area contributed by atoms with Gasteiger partial charge in [-0.1, -0.05) is 11.6 Å². The maximum Gasteiger partial charge on any atom is 0.276 e. The molecule has 0 aliphatic rings. The Labute approximate surface area is 154 Å². The van der Waals surface area contributed by atoms with Gasteiger partial charge >= 0.3 is 0 Å². The van der Waals surface area contributed by atoms with Crippen molar-refractivity contribution in [1.82, 2.24) is 10.2 Å². The van der Waals surface area contributed by atoms with E-state index in [4.69, 9.17) is 16.3 Å². The van der Waals surface area contributed by atoms with Gasteiger partial charge in [0, 0.05) is 11.4 Å². The van der Waals surface area contributed by atoms with E-state index in [1.165, 1.54) is 24.3 Å². The maximum atomic E-state index is 13.1. The number of halogens is 2. The quantitative estimate of drug-likeness (QED) is 0.699. The van der Waals surface area contributed by atoms with Crippen LogP contribution in [0.1, 0.15) is 10.5 Å². The minimum Gasteiger partial charge on any atom is -0.497 e. The molecule has 1 aromatic heterocycles. The number of carbonyl (C=O) groups excluding carboxylic acids is 1. The van der Waals surface area contributed by atoms with Crippen molar-refractivity contribution < 1.29 is 13.9 Å². The number of ether oxygens (including phenoxy) is 1. The Bertz CT molecular complexity index is 917. The van der Waals surface area contributed by atoms with Crippen molar-refractivity contribution in [2.45, 2.75) is 0 Å². The second-order valence-electron chi connectivity index (χ2n) is 5.24. The normalized spacial score (nSPS) is 10.3. The number of hydrogen-bond acceptors (Lipinski definition) is 5. The molecule has 0 radical (unpaired) electrons. The van der Waals surface area contributed by atoms with Crippen molar-refractivity contribution in [2.24, 2.45) is 0 Å². The lowest BCUT2D eigenvalue weighted by Gasteiger charge is -2.07. The van der Waals surface area contributed by atoms with Crippen LogP contribution < -0.4 is 15.4 Å². The van der Waals surface area contributed by atoms with Crippen LogP contribution in [0.15, 0.2) is 54.6 Å². The molecule has 0 unspecified atom stereocenters. The highest BCUT2D eigenvalue weighted by Gasteiger charge is 2.10. The molecule has 0 bridgehead atoms. The van der Waals surface area contributed by atoms with E-state index in [-0.39, 0.29) is 10.7 Å². The van der Waals surface area contributed by atoms with Crippen molar-refractivity contribution in [3.63, 3.8) is 0 Å². The van der Waals surface area contributed by atoms with Crippen molar-refractivity contribution in [3.8, 4) is 5.75 Å². The molecule has 0 saturated heterocycles. The van der Waals surface area contributed by atoms with Crippen molar-refractivity contribution in [1.29, 1.82) is 0 Å². The highest BCUT2D eigenvalue weighted by atomic mass is 35.5. The molecule has 1 heterocycles. The zero-order valence-electron chi connectivity index (χ0n) is 13.7. The minimum atomic E-state index is -0.557. The molecule has 3 aromatic rings. The molecule has 0 fully saturated rings. The molecule has 26 heavy (non-hydrogen) atoms. The van der Waals surface area contributed by atoms with Crippen LogP contribution >= 0.6 is 11.6 Å². The third-order valence-electron chi connectivity index (χ3n) is 3.44.